The summed E-state index contributed by atoms with van der Waals surface area (Å²) in [7, 11) is 1.65. The minimum Gasteiger partial charge on any atom is -0.497 e. The van der Waals surface area contributed by atoms with Gasteiger partial charge in [0.1, 0.15) is 17.7 Å². The third-order valence-corrected chi connectivity index (χ3v) is 8.55. The van der Waals surface area contributed by atoms with Crippen LogP contribution in [-0.2, 0) is 22.5 Å². The third-order valence-electron chi connectivity index (χ3n) is 8.55. The van der Waals surface area contributed by atoms with Crippen molar-refractivity contribution in [3.05, 3.63) is 60.0 Å². The first-order valence-electron chi connectivity index (χ1n) is 14.1. The van der Waals surface area contributed by atoms with E-state index in [9.17, 15) is 9.59 Å². The Labute approximate surface area is 234 Å². The van der Waals surface area contributed by atoms with Crippen LogP contribution in [0.4, 0.5) is 10.6 Å². The van der Waals surface area contributed by atoms with Crippen molar-refractivity contribution in [1.29, 1.82) is 0 Å². The molecule has 3 amide bonds. The number of nitrogens with zero attached hydrogens (tertiary/aromatic N) is 5. The number of aromatic amines is 1. The molecule has 0 aliphatic carbocycles. The molecule has 210 valence electrons. The fourth-order valence-corrected chi connectivity index (χ4v) is 6.28. The van der Waals surface area contributed by atoms with Crippen LogP contribution in [0.15, 0.2) is 48.8 Å². The van der Waals surface area contributed by atoms with E-state index in [-0.39, 0.29) is 18.0 Å². The summed E-state index contributed by atoms with van der Waals surface area (Å²) in [6, 6.07) is 11.8. The van der Waals surface area contributed by atoms with Crippen LogP contribution in [0.3, 0.4) is 0 Å². The number of nitrogens with one attached hydrogen (secondary N) is 1. The van der Waals surface area contributed by atoms with Crippen molar-refractivity contribution in [2.75, 3.05) is 38.3 Å². The molecule has 5 heterocycles. The Morgan fingerprint density at radius 2 is 2.08 bits per heavy atom. The van der Waals surface area contributed by atoms with Crippen LogP contribution in [0.25, 0.3) is 11.1 Å². The maximum atomic E-state index is 14.1. The second-order valence-corrected chi connectivity index (χ2v) is 10.9. The molecule has 10 heteroatoms. The quantitative estimate of drug-likeness (QED) is 0.482. The summed E-state index contributed by atoms with van der Waals surface area (Å²) in [4.78, 5) is 37.9. The molecule has 6 rings (SSSR count). The molecule has 3 aliphatic heterocycles. The minimum atomic E-state index is -0.412. The number of piperidine rings is 1. The number of anilines is 1. The van der Waals surface area contributed by atoms with E-state index in [0.717, 1.165) is 47.4 Å². The maximum Gasteiger partial charge on any atom is 0.326 e. The molecule has 3 aromatic rings. The number of amides is 3. The van der Waals surface area contributed by atoms with Crippen LogP contribution in [0, 0.1) is 0 Å². The molecule has 1 aromatic carbocycles. The van der Waals surface area contributed by atoms with E-state index < -0.39 is 5.54 Å². The second kappa shape index (κ2) is 10.9. The maximum absolute atomic E-state index is 14.1. The number of methoxy groups -OCH3 is 1. The van der Waals surface area contributed by atoms with Gasteiger partial charge in [-0.2, -0.15) is 5.10 Å². The number of benzene rings is 1. The van der Waals surface area contributed by atoms with Gasteiger partial charge in [-0.25, -0.2) is 9.78 Å². The highest BCUT2D eigenvalue weighted by Gasteiger charge is 2.52. The zero-order valence-electron chi connectivity index (χ0n) is 23.1. The van der Waals surface area contributed by atoms with Crippen LogP contribution in [-0.4, -0.2) is 81.9 Å². The highest BCUT2D eigenvalue weighted by molar-refractivity contribution is 5.95. The lowest BCUT2D eigenvalue weighted by Gasteiger charge is -2.44. The van der Waals surface area contributed by atoms with E-state index in [1.807, 2.05) is 57.3 Å². The average molecular weight is 545 g/mol. The number of aryl methyl sites for hydroxylation is 1. The molecule has 0 saturated carbocycles. The summed E-state index contributed by atoms with van der Waals surface area (Å²) in [6.45, 7) is 4.90. The van der Waals surface area contributed by atoms with Gasteiger partial charge >= 0.3 is 6.03 Å². The Morgan fingerprint density at radius 1 is 1.23 bits per heavy atom. The summed E-state index contributed by atoms with van der Waals surface area (Å²) in [6.07, 6.45) is 7.16. The lowest BCUT2D eigenvalue weighted by molar-refractivity contribution is -0.143. The van der Waals surface area contributed by atoms with Crippen molar-refractivity contribution in [1.82, 2.24) is 25.0 Å². The average Bonchev–Trinajstić information content (AvgIpc) is 3.77. The van der Waals surface area contributed by atoms with E-state index in [1.165, 1.54) is 0 Å². The van der Waals surface area contributed by atoms with Gasteiger partial charge in [0.25, 0.3) is 5.91 Å². The molecule has 3 aliphatic rings. The van der Waals surface area contributed by atoms with E-state index >= 15 is 0 Å². The van der Waals surface area contributed by atoms with Crippen molar-refractivity contribution in [3.63, 3.8) is 0 Å². The Bertz CT molecular complexity index is 1360. The van der Waals surface area contributed by atoms with Gasteiger partial charge in [0.05, 0.1) is 31.1 Å². The molecule has 10 nitrogen and oxygen atoms in total. The fraction of sp³-hybridized carbons (Fsp3) is 0.467. The number of H-pyrrole nitrogens is 1. The van der Waals surface area contributed by atoms with Gasteiger partial charge in [-0.15, -0.1) is 0 Å². The third kappa shape index (κ3) is 4.81. The second-order valence-electron chi connectivity index (χ2n) is 10.9. The number of hydrogen-bond donors (Lipinski definition) is 1. The van der Waals surface area contributed by atoms with E-state index in [0.29, 0.717) is 51.4 Å². The number of carbonyl (C=O) groups excluding carboxylic acids is 2. The largest absolute Gasteiger partial charge is 0.497 e. The standard InChI is InChI=1S/C30H36N6O4/c1-3-25-24(22-17-31-32-18-22)9-10-27(33-25)35-20-30(11-13-34(14-12-30)28(37)26-8-5-15-40-26)36(29(35)38)19-21-6-4-7-23(16-21)39-2/h4,6-7,9-10,16-18,26H,3,5,8,11-15,19-20H2,1-2H3,(H,31,32). The van der Waals surface area contributed by atoms with Crippen LogP contribution in [0.1, 0.15) is 43.9 Å². The van der Waals surface area contributed by atoms with Crippen molar-refractivity contribution < 1.29 is 19.1 Å². The number of ether oxygens (including phenoxy) is 2. The summed E-state index contributed by atoms with van der Waals surface area (Å²) >= 11 is 0. The number of rotatable bonds is 7. The SMILES string of the molecule is CCc1nc(N2CC3(CCN(C(=O)C4CCCO4)CC3)N(Cc3cccc(OC)c3)C2=O)ccc1-c1cn[nH]c1. The number of urea groups is 1. The molecule has 1 N–H and O–H groups in total. The number of aromatic nitrogens is 3. The molecule has 3 fully saturated rings. The van der Waals surface area contributed by atoms with Crippen LogP contribution in [0.5, 0.6) is 5.75 Å². The van der Waals surface area contributed by atoms with E-state index in [1.54, 1.807) is 13.3 Å². The number of hydrogen-bond acceptors (Lipinski definition) is 6. The zero-order valence-corrected chi connectivity index (χ0v) is 23.1. The molecular weight excluding hydrogens is 508 g/mol. The smallest absolute Gasteiger partial charge is 0.326 e. The van der Waals surface area contributed by atoms with Crippen molar-refractivity contribution in [2.24, 2.45) is 0 Å². The van der Waals surface area contributed by atoms with Gasteiger partial charge in [-0.1, -0.05) is 19.1 Å². The zero-order chi connectivity index (χ0) is 27.7. The first-order valence-corrected chi connectivity index (χ1v) is 14.1. The summed E-state index contributed by atoms with van der Waals surface area (Å²) in [5.41, 5.74) is 3.50. The highest BCUT2D eigenvalue weighted by Crippen LogP contribution is 2.40. The number of pyridine rings is 1. The van der Waals surface area contributed by atoms with Gasteiger partial charge in [0.2, 0.25) is 0 Å². The Kier molecular flexibility index (Phi) is 7.18. The molecule has 40 heavy (non-hydrogen) atoms. The molecule has 1 unspecified atom stereocenters. The normalized spacial score (nSPS) is 20.5. The predicted octanol–water partition coefficient (Wildman–Crippen LogP) is 4.03. The Balaban J connectivity index is 1.29. The molecule has 1 spiro atoms. The first-order chi connectivity index (χ1) is 19.5. The molecule has 0 radical (unpaired) electrons. The van der Waals surface area contributed by atoms with Crippen LogP contribution >= 0.6 is 0 Å². The lowest BCUT2D eigenvalue weighted by atomic mass is 9.86. The van der Waals surface area contributed by atoms with Crippen LogP contribution < -0.4 is 9.64 Å². The Morgan fingerprint density at radius 3 is 2.77 bits per heavy atom. The molecule has 3 saturated heterocycles. The molecule has 1 atom stereocenters. The molecule has 2 aromatic heterocycles. The van der Waals surface area contributed by atoms with Crippen LogP contribution in [0.2, 0.25) is 0 Å². The minimum absolute atomic E-state index is 0.0627. The summed E-state index contributed by atoms with van der Waals surface area (Å²) < 4.78 is 11.1. The van der Waals surface area contributed by atoms with Crippen molar-refractivity contribution >= 4 is 17.8 Å². The predicted molar refractivity (Wildman–Crippen MR) is 150 cm³/mol. The first kappa shape index (κ1) is 26.3. The van der Waals surface area contributed by atoms with Gasteiger partial charge in [-0.05, 0) is 61.9 Å². The monoisotopic (exact) mass is 544 g/mol. The van der Waals surface area contributed by atoms with Crippen molar-refractivity contribution in [3.8, 4) is 16.9 Å². The van der Waals surface area contributed by atoms with E-state index in [4.69, 9.17) is 14.5 Å². The summed E-state index contributed by atoms with van der Waals surface area (Å²) in [5, 5.41) is 6.95. The number of likely N-dealkylation sites (tertiary alicyclic amines) is 1. The fourth-order valence-electron chi connectivity index (χ4n) is 6.28. The van der Waals surface area contributed by atoms with Gasteiger partial charge in [-0.3, -0.25) is 14.8 Å². The van der Waals surface area contributed by atoms with E-state index in [2.05, 4.69) is 17.1 Å². The highest BCUT2D eigenvalue weighted by atomic mass is 16.5. The topological polar surface area (TPSA) is 104 Å². The Hall–Kier alpha value is -3.92. The molecular formula is C30H36N6O4. The van der Waals surface area contributed by atoms with Gasteiger partial charge in [0, 0.05) is 43.6 Å². The lowest BCUT2D eigenvalue weighted by Crippen LogP contribution is -2.56. The van der Waals surface area contributed by atoms with Crippen molar-refractivity contribution in [2.45, 2.75) is 57.2 Å². The number of carbonyl (C=O) groups is 2. The van der Waals surface area contributed by atoms with Gasteiger partial charge < -0.3 is 19.3 Å². The summed E-state index contributed by atoms with van der Waals surface area (Å²) in [5.74, 6) is 1.49. The molecule has 0 bridgehead atoms. The van der Waals surface area contributed by atoms with Gasteiger partial charge in [0.15, 0.2) is 0 Å².